The van der Waals surface area contributed by atoms with Crippen molar-refractivity contribution >= 4 is 18.7 Å². The summed E-state index contributed by atoms with van der Waals surface area (Å²) in [4.78, 5) is 1.51. The maximum absolute atomic E-state index is 12.1. The average Bonchev–Trinajstić information content (AvgIpc) is 1.79. The lowest BCUT2D eigenvalue weighted by molar-refractivity contribution is 0.266. The van der Waals surface area contributed by atoms with Crippen LogP contribution in [-0.2, 0) is 0 Å². The topological polar surface area (TPSA) is 3.24 Å². The summed E-state index contributed by atoms with van der Waals surface area (Å²) in [5.41, 5.74) is 0. The molecule has 0 aromatic carbocycles. The third kappa shape index (κ3) is 4.27. The zero-order valence-electron chi connectivity index (χ0n) is 7.90. The summed E-state index contributed by atoms with van der Waals surface area (Å²) in [6.07, 6.45) is -0.704. The molecule has 0 N–H and O–H groups in total. The number of hydrogen-bond acceptors (Lipinski definition) is 2. The van der Waals surface area contributed by atoms with Crippen molar-refractivity contribution in [2.45, 2.75) is 18.6 Å². The summed E-state index contributed by atoms with van der Waals surface area (Å²) in [6.45, 7) is 0.435. The summed E-state index contributed by atoms with van der Waals surface area (Å²) in [7, 11) is 0. The fourth-order valence-corrected chi connectivity index (χ4v) is 2.74. The van der Waals surface area contributed by atoms with E-state index in [-0.39, 0.29) is 4.75 Å². The Bertz CT molecular complexity index is 181. The Morgan fingerprint density at radius 2 is 2.00 bits per heavy atom. The van der Waals surface area contributed by atoms with Gasteiger partial charge in [-0.15, -0.1) is 0 Å². The Kier molecular flexibility index (Phi) is 3.22. The molecule has 1 fully saturated rings. The van der Waals surface area contributed by atoms with E-state index in [1.165, 1.54) is 4.90 Å². The molecule has 1 aliphatic heterocycles. The van der Waals surface area contributed by atoms with Crippen LogP contribution in [0.15, 0.2) is 0 Å². The lowest BCUT2D eigenvalue weighted by atomic mass is 9.90. The normalized spacial score (nSPS) is 24.7. The highest BCUT2D eigenvalue weighted by Crippen LogP contribution is 2.30. The van der Waals surface area contributed by atoms with E-state index < -0.39 is 13.4 Å². The van der Waals surface area contributed by atoms with Crippen LogP contribution in [0, 0.1) is 0 Å². The molecule has 0 aromatic heterocycles. The third-order valence-electron chi connectivity index (χ3n) is 1.97. The van der Waals surface area contributed by atoms with Crippen LogP contribution in [0.2, 0.25) is 0 Å². The number of nitrogens with zero attached hydrogens (tertiary/aromatic N) is 1. The van der Waals surface area contributed by atoms with E-state index in [2.05, 4.69) is 0 Å². The largest absolute Gasteiger partial charge is 0.492 e. The van der Waals surface area contributed by atoms with Gasteiger partial charge in [-0.3, -0.25) is 0 Å². The predicted molar refractivity (Wildman–Crippen MR) is 52.1 cm³/mol. The van der Waals surface area contributed by atoms with Crippen molar-refractivity contribution in [1.82, 2.24) is 4.90 Å². The quantitative estimate of drug-likeness (QED) is 0.645. The number of hydrogen-bond donors (Lipinski definition) is 0. The van der Waals surface area contributed by atoms with Crippen LogP contribution in [-0.4, -0.2) is 41.9 Å². The molecule has 0 aliphatic carbocycles. The molecule has 1 saturated heterocycles. The van der Waals surface area contributed by atoms with Gasteiger partial charge >= 0.3 is 6.98 Å². The van der Waals surface area contributed by atoms with Crippen molar-refractivity contribution in [3.8, 4) is 0 Å². The Morgan fingerprint density at radius 1 is 1.38 bits per heavy atom. The van der Waals surface area contributed by atoms with Crippen LogP contribution in [0.3, 0.4) is 0 Å². The zero-order chi connectivity index (χ0) is 10.1. The monoisotopic (exact) mass is 212 g/mol. The fraction of sp³-hybridized carbons (Fsp3) is 1.00. The first-order valence-corrected chi connectivity index (χ1v) is 5.34. The summed E-state index contributed by atoms with van der Waals surface area (Å²) >= 11 is 1.75. The van der Waals surface area contributed by atoms with Crippen LogP contribution in [0.25, 0.3) is 0 Å². The minimum absolute atomic E-state index is 0.0282. The first-order valence-electron chi connectivity index (χ1n) is 4.36. The maximum atomic E-state index is 12.1. The van der Waals surface area contributed by atoms with Crippen molar-refractivity contribution in [3.05, 3.63) is 0 Å². The van der Waals surface area contributed by atoms with E-state index in [1.807, 2.05) is 13.8 Å². The SMILES string of the molecule is CC1(C)CN(C[B-](F)(F)F)CCS1. The van der Waals surface area contributed by atoms with Gasteiger partial charge in [0.05, 0.1) is 0 Å². The van der Waals surface area contributed by atoms with Gasteiger partial charge in [-0.1, -0.05) is 0 Å². The minimum Gasteiger partial charge on any atom is -0.448 e. The molecule has 6 heteroatoms. The van der Waals surface area contributed by atoms with Gasteiger partial charge in [-0.25, -0.2) is 0 Å². The molecular formula is C7H14BF3NS-. The number of thioether (sulfide) groups is 1. The van der Waals surface area contributed by atoms with Crippen molar-refractivity contribution in [1.29, 1.82) is 0 Å². The van der Waals surface area contributed by atoms with E-state index in [0.29, 0.717) is 13.1 Å². The van der Waals surface area contributed by atoms with Gasteiger partial charge in [0.1, 0.15) is 0 Å². The highest BCUT2D eigenvalue weighted by Gasteiger charge is 2.32. The van der Waals surface area contributed by atoms with E-state index in [0.717, 1.165) is 5.75 Å². The summed E-state index contributed by atoms with van der Waals surface area (Å²) in [5, 5.41) is 0. The summed E-state index contributed by atoms with van der Waals surface area (Å²) < 4.78 is 36.3. The van der Waals surface area contributed by atoms with Gasteiger partial charge in [0.2, 0.25) is 0 Å². The highest BCUT2D eigenvalue weighted by atomic mass is 32.2. The predicted octanol–water partition coefficient (Wildman–Crippen LogP) is 2.20. The summed E-state index contributed by atoms with van der Waals surface area (Å²) in [6, 6.07) is 0. The smallest absolute Gasteiger partial charge is 0.448 e. The van der Waals surface area contributed by atoms with Crippen LogP contribution >= 0.6 is 11.8 Å². The van der Waals surface area contributed by atoms with Crippen LogP contribution < -0.4 is 0 Å². The Labute approximate surface area is 81.1 Å². The van der Waals surface area contributed by atoms with Crippen LogP contribution in [0.5, 0.6) is 0 Å². The van der Waals surface area contributed by atoms with Gasteiger partial charge in [-0.05, 0) is 20.3 Å². The standard InChI is InChI=1S/C7H14BF3NS/c1-7(2)5-12(3-4-13-7)6-8(9,10)11/h3-6H2,1-2H3/q-1. The molecule has 0 amide bonds. The van der Waals surface area contributed by atoms with Gasteiger partial charge in [0, 0.05) is 23.6 Å². The lowest BCUT2D eigenvalue weighted by Crippen LogP contribution is -2.48. The second-order valence-electron chi connectivity index (χ2n) is 4.05. The first kappa shape index (κ1) is 11.2. The molecule has 13 heavy (non-hydrogen) atoms. The molecule has 0 saturated carbocycles. The van der Waals surface area contributed by atoms with Gasteiger partial charge < -0.3 is 17.8 Å². The molecule has 0 radical (unpaired) electrons. The van der Waals surface area contributed by atoms with E-state index >= 15 is 0 Å². The second kappa shape index (κ2) is 3.73. The van der Waals surface area contributed by atoms with Gasteiger partial charge in [0.15, 0.2) is 0 Å². The van der Waals surface area contributed by atoms with E-state index in [1.54, 1.807) is 11.8 Å². The van der Waals surface area contributed by atoms with Crippen molar-refractivity contribution < 1.29 is 12.9 Å². The fourth-order valence-electron chi connectivity index (χ4n) is 1.56. The Hall–Kier alpha value is 0.165. The first-order chi connectivity index (χ1) is 5.79. The molecule has 1 heterocycles. The lowest BCUT2D eigenvalue weighted by Gasteiger charge is -2.39. The second-order valence-corrected chi connectivity index (χ2v) is 5.86. The number of halogens is 3. The van der Waals surface area contributed by atoms with Crippen molar-refractivity contribution in [2.24, 2.45) is 0 Å². The third-order valence-corrected chi connectivity index (χ3v) is 3.27. The minimum atomic E-state index is -4.66. The molecule has 0 aromatic rings. The van der Waals surface area contributed by atoms with Crippen LogP contribution in [0.4, 0.5) is 12.9 Å². The maximum Gasteiger partial charge on any atom is 0.492 e. The Balaban J connectivity index is 2.44. The van der Waals surface area contributed by atoms with Gasteiger partial charge in [-0.2, -0.15) is 11.8 Å². The molecule has 1 rings (SSSR count). The molecule has 0 atom stereocenters. The van der Waals surface area contributed by atoms with Crippen molar-refractivity contribution in [3.63, 3.8) is 0 Å². The van der Waals surface area contributed by atoms with Crippen molar-refractivity contribution in [2.75, 3.05) is 25.3 Å². The molecule has 0 unspecified atom stereocenters. The Morgan fingerprint density at radius 3 is 2.46 bits per heavy atom. The average molecular weight is 212 g/mol. The molecule has 78 valence electrons. The van der Waals surface area contributed by atoms with E-state index in [4.69, 9.17) is 0 Å². The number of rotatable bonds is 2. The van der Waals surface area contributed by atoms with E-state index in [9.17, 15) is 12.9 Å². The molecule has 1 nitrogen and oxygen atoms in total. The molecule has 1 aliphatic rings. The summed E-state index contributed by atoms with van der Waals surface area (Å²) in [5.74, 6) is 0.805. The molecular weight excluding hydrogens is 198 g/mol. The molecule has 0 spiro atoms. The van der Waals surface area contributed by atoms with Crippen LogP contribution in [0.1, 0.15) is 13.8 Å². The van der Waals surface area contributed by atoms with Gasteiger partial charge in [0.25, 0.3) is 0 Å². The zero-order valence-corrected chi connectivity index (χ0v) is 8.71. The molecule has 0 bridgehead atoms. The highest BCUT2D eigenvalue weighted by molar-refractivity contribution is 8.00.